The van der Waals surface area contributed by atoms with Gasteiger partial charge in [-0.25, -0.2) is 8.78 Å². The minimum absolute atomic E-state index is 0.329. The maximum absolute atomic E-state index is 12.5. The van der Waals surface area contributed by atoms with Gasteiger partial charge in [-0.15, -0.1) is 0 Å². The van der Waals surface area contributed by atoms with Gasteiger partial charge in [0.05, 0.1) is 6.54 Å². The molecule has 0 aliphatic heterocycles. The van der Waals surface area contributed by atoms with Gasteiger partial charge in [0.25, 0.3) is 0 Å². The van der Waals surface area contributed by atoms with Crippen molar-refractivity contribution >= 4 is 0 Å². The molecule has 1 nitrogen and oxygen atoms in total. The van der Waals surface area contributed by atoms with E-state index >= 15 is 0 Å². The molecule has 5 heteroatoms. The van der Waals surface area contributed by atoms with Gasteiger partial charge in [-0.05, 0) is 31.4 Å². The lowest BCUT2D eigenvalue weighted by atomic mass is 10.1. The molecule has 0 unspecified atom stereocenters. The lowest BCUT2D eigenvalue weighted by Gasteiger charge is -2.15. The van der Waals surface area contributed by atoms with Crippen LogP contribution >= 0.6 is 0 Å². The van der Waals surface area contributed by atoms with Gasteiger partial charge in [-0.1, -0.05) is 30.3 Å². The molecule has 0 saturated carbocycles. The van der Waals surface area contributed by atoms with E-state index < -0.39 is 18.9 Å². The van der Waals surface area contributed by atoms with Crippen LogP contribution in [0, 0.1) is 0 Å². The molecule has 102 valence electrons. The number of unbranched alkanes of at least 4 members (excludes halogenated alkanes) is 1. The maximum Gasteiger partial charge on any atom is 0.319 e. The Bertz CT molecular complexity index is 327. The first-order chi connectivity index (χ1) is 8.52. The van der Waals surface area contributed by atoms with Crippen molar-refractivity contribution in [3.05, 3.63) is 35.9 Å². The van der Waals surface area contributed by atoms with Crippen LogP contribution in [-0.2, 0) is 6.42 Å². The molecule has 18 heavy (non-hydrogen) atoms. The molecule has 1 N–H and O–H groups in total. The molecule has 0 aliphatic carbocycles. The van der Waals surface area contributed by atoms with E-state index in [4.69, 9.17) is 0 Å². The zero-order valence-electron chi connectivity index (χ0n) is 10.0. The van der Waals surface area contributed by atoms with E-state index in [0.29, 0.717) is 13.0 Å². The second-order valence-corrected chi connectivity index (χ2v) is 4.18. The number of halogens is 4. The average molecular weight is 263 g/mol. The van der Waals surface area contributed by atoms with E-state index in [1.807, 2.05) is 30.3 Å². The smallest absolute Gasteiger partial charge is 0.311 e. The zero-order valence-corrected chi connectivity index (χ0v) is 10.0. The van der Waals surface area contributed by atoms with E-state index in [9.17, 15) is 17.6 Å². The summed E-state index contributed by atoms with van der Waals surface area (Å²) in [5, 5.41) is 2.36. The number of alkyl halides is 4. The normalized spacial score (nSPS) is 12.1. The van der Waals surface area contributed by atoms with Crippen molar-refractivity contribution in [1.82, 2.24) is 5.32 Å². The standard InChI is InChI=1S/C13H17F4N/c14-12(15)13(16,17)10-18-9-5-4-8-11-6-2-1-3-7-11/h1-3,6-7,12,18H,4-5,8-10H2. The highest BCUT2D eigenvalue weighted by atomic mass is 19.3. The van der Waals surface area contributed by atoms with Crippen LogP contribution in [0.2, 0.25) is 0 Å². The predicted octanol–water partition coefficient (Wildman–Crippen LogP) is 3.50. The van der Waals surface area contributed by atoms with Crippen molar-refractivity contribution in [3.8, 4) is 0 Å². The fourth-order valence-corrected chi connectivity index (χ4v) is 1.56. The fraction of sp³-hybridized carbons (Fsp3) is 0.538. The Morgan fingerprint density at radius 3 is 2.33 bits per heavy atom. The van der Waals surface area contributed by atoms with Crippen LogP contribution in [0.5, 0.6) is 0 Å². The molecule has 0 aliphatic rings. The third-order valence-electron chi connectivity index (χ3n) is 2.59. The molecular formula is C13H17F4N. The van der Waals surface area contributed by atoms with Crippen LogP contribution in [0.3, 0.4) is 0 Å². The first-order valence-corrected chi connectivity index (χ1v) is 5.93. The number of hydrogen-bond acceptors (Lipinski definition) is 1. The molecule has 0 amide bonds. The molecular weight excluding hydrogens is 246 g/mol. The second-order valence-electron chi connectivity index (χ2n) is 4.18. The van der Waals surface area contributed by atoms with Gasteiger partial charge >= 0.3 is 12.3 Å². The summed E-state index contributed by atoms with van der Waals surface area (Å²) in [5.41, 5.74) is 1.19. The number of aryl methyl sites for hydroxylation is 1. The topological polar surface area (TPSA) is 12.0 Å². The van der Waals surface area contributed by atoms with Gasteiger partial charge < -0.3 is 5.32 Å². The zero-order chi connectivity index (χ0) is 13.4. The van der Waals surface area contributed by atoms with Crippen LogP contribution in [-0.4, -0.2) is 25.4 Å². The quantitative estimate of drug-likeness (QED) is 0.559. The Hall–Kier alpha value is -1.10. The van der Waals surface area contributed by atoms with Gasteiger partial charge in [0.1, 0.15) is 0 Å². The summed E-state index contributed by atoms with van der Waals surface area (Å²) in [4.78, 5) is 0. The van der Waals surface area contributed by atoms with E-state index in [1.54, 1.807) is 0 Å². The van der Waals surface area contributed by atoms with Crippen molar-refractivity contribution in [3.63, 3.8) is 0 Å². The molecule has 0 bridgehead atoms. The van der Waals surface area contributed by atoms with Gasteiger partial charge in [0.2, 0.25) is 0 Å². The summed E-state index contributed by atoms with van der Waals surface area (Å²) in [5.74, 6) is -3.93. The van der Waals surface area contributed by atoms with Crippen LogP contribution in [0.1, 0.15) is 18.4 Å². The number of benzene rings is 1. The van der Waals surface area contributed by atoms with Crippen LogP contribution in [0.4, 0.5) is 17.6 Å². The van der Waals surface area contributed by atoms with Crippen LogP contribution in [0.15, 0.2) is 30.3 Å². The SMILES string of the molecule is FC(F)C(F)(F)CNCCCCc1ccccc1. The Balaban J connectivity index is 2.06. The van der Waals surface area contributed by atoms with Crippen molar-refractivity contribution in [2.45, 2.75) is 31.6 Å². The summed E-state index contributed by atoms with van der Waals surface area (Å²) in [6.07, 6.45) is -1.20. The van der Waals surface area contributed by atoms with Crippen LogP contribution < -0.4 is 5.32 Å². The van der Waals surface area contributed by atoms with Crippen LogP contribution in [0.25, 0.3) is 0 Å². The van der Waals surface area contributed by atoms with E-state index in [0.717, 1.165) is 12.8 Å². The van der Waals surface area contributed by atoms with Gasteiger partial charge in [-0.2, -0.15) is 8.78 Å². The minimum atomic E-state index is -3.93. The molecule has 1 aromatic carbocycles. The van der Waals surface area contributed by atoms with E-state index in [1.165, 1.54) is 5.56 Å². The molecule has 0 atom stereocenters. The van der Waals surface area contributed by atoms with E-state index in [2.05, 4.69) is 5.32 Å². The maximum atomic E-state index is 12.5. The van der Waals surface area contributed by atoms with E-state index in [-0.39, 0.29) is 0 Å². The minimum Gasteiger partial charge on any atom is -0.311 e. The fourth-order valence-electron chi connectivity index (χ4n) is 1.56. The monoisotopic (exact) mass is 263 g/mol. The predicted molar refractivity (Wildman–Crippen MR) is 63.2 cm³/mol. The summed E-state index contributed by atoms with van der Waals surface area (Å²) in [6.45, 7) is -0.634. The lowest BCUT2D eigenvalue weighted by Crippen LogP contribution is -2.39. The molecule has 1 aromatic rings. The number of hydrogen-bond donors (Lipinski definition) is 1. The Morgan fingerprint density at radius 2 is 1.72 bits per heavy atom. The molecule has 0 aromatic heterocycles. The molecule has 0 heterocycles. The Kier molecular flexibility index (Phi) is 6.12. The van der Waals surface area contributed by atoms with Gasteiger partial charge in [-0.3, -0.25) is 0 Å². The van der Waals surface area contributed by atoms with Crippen molar-refractivity contribution in [2.75, 3.05) is 13.1 Å². The lowest BCUT2D eigenvalue weighted by molar-refractivity contribution is -0.125. The van der Waals surface area contributed by atoms with Gasteiger partial charge in [0.15, 0.2) is 0 Å². The summed E-state index contributed by atoms with van der Waals surface area (Å²) in [7, 11) is 0. The first-order valence-electron chi connectivity index (χ1n) is 5.93. The second kappa shape index (κ2) is 7.36. The Morgan fingerprint density at radius 1 is 1.06 bits per heavy atom. The molecule has 0 radical (unpaired) electrons. The molecule has 1 rings (SSSR count). The molecule has 0 saturated heterocycles. The summed E-state index contributed by atoms with van der Waals surface area (Å²) in [6, 6.07) is 9.81. The third-order valence-corrected chi connectivity index (χ3v) is 2.59. The van der Waals surface area contributed by atoms with Crippen molar-refractivity contribution < 1.29 is 17.6 Å². The molecule has 0 fully saturated rings. The largest absolute Gasteiger partial charge is 0.319 e. The van der Waals surface area contributed by atoms with Crippen molar-refractivity contribution in [2.24, 2.45) is 0 Å². The highest BCUT2D eigenvalue weighted by molar-refractivity contribution is 5.14. The Labute approximate surface area is 104 Å². The average Bonchev–Trinajstić information content (AvgIpc) is 2.34. The van der Waals surface area contributed by atoms with Crippen molar-refractivity contribution in [1.29, 1.82) is 0 Å². The summed E-state index contributed by atoms with van der Waals surface area (Å²) < 4.78 is 48.7. The summed E-state index contributed by atoms with van der Waals surface area (Å²) >= 11 is 0. The van der Waals surface area contributed by atoms with Gasteiger partial charge in [0, 0.05) is 0 Å². The highest BCUT2D eigenvalue weighted by Gasteiger charge is 2.39. The number of nitrogens with one attached hydrogen (secondary N) is 1. The molecule has 0 spiro atoms. The first kappa shape index (κ1) is 15.0. The third kappa shape index (κ3) is 5.49. The number of rotatable bonds is 8. The highest BCUT2D eigenvalue weighted by Crippen LogP contribution is 2.21.